The molecule has 0 fully saturated rings. The molecule has 0 atom stereocenters. The van der Waals surface area contributed by atoms with Crippen LogP contribution in [0.1, 0.15) is 54.9 Å². The third-order valence-electron chi connectivity index (χ3n) is 3.95. The van der Waals surface area contributed by atoms with E-state index in [2.05, 4.69) is 39.9 Å². The second-order valence-corrected chi connectivity index (χ2v) is 6.65. The van der Waals surface area contributed by atoms with Crippen molar-refractivity contribution in [3.8, 4) is 5.75 Å². The Hall–Kier alpha value is -2.30. The summed E-state index contributed by atoms with van der Waals surface area (Å²) < 4.78 is 5.30. The molecule has 0 spiro atoms. The normalized spacial score (nSPS) is 11.1. The van der Waals surface area contributed by atoms with Gasteiger partial charge < -0.3 is 25.6 Å². The van der Waals surface area contributed by atoms with Crippen LogP contribution in [0.15, 0.2) is 39.8 Å². The molecule has 160 valence electrons. The van der Waals surface area contributed by atoms with E-state index in [1.54, 1.807) is 12.1 Å². The molecule has 1 heterocycles. The molecule has 0 aliphatic rings. The number of aliphatic imine (C=N–C) groups is 1. The third kappa shape index (κ3) is 8.71. The summed E-state index contributed by atoms with van der Waals surface area (Å²) >= 11 is 0. The zero-order valence-corrected chi connectivity index (χ0v) is 19.4. The molecule has 4 N–H and O–H groups in total. The van der Waals surface area contributed by atoms with Crippen molar-refractivity contribution in [2.75, 3.05) is 19.6 Å². The van der Waals surface area contributed by atoms with Crippen LogP contribution in [0.25, 0.3) is 0 Å². The fourth-order valence-corrected chi connectivity index (χ4v) is 2.42. The number of nitrogens with one attached hydrogen (secondary N) is 3. The monoisotopic (exact) mass is 515 g/mol. The van der Waals surface area contributed by atoms with Crippen molar-refractivity contribution in [1.29, 1.82) is 0 Å². The van der Waals surface area contributed by atoms with E-state index in [-0.39, 0.29) is 35.6 Å². The number of hydrogen-bond acceptors (Lipinski definition) is 5. The van der Waals surface area contributed by atoms with Gasteiger partial charge in [0.15, 0.2) is 11.7 Å². The van der Waals surface area contributed by atoms with Crippen molar-refractivity contribution >= 4 is 35.8 Å². The first-order valence-corrected chi connectivity index (χ1v) is 9.54. The molecular formula is C20H30IN5O3. The number of carbonyl (C=O) groups excluding carboxylic acids is 1. The molecule has 29 heavy (non-hydrogen) atoms. The molecule has 8 nitrogen and oxygen atoms in total. The summed E-state index contributed by atoms with van der Waals surface area (Å²) in [6.07, 6.45) is 0.731. The highest BCUT2D eigenvalue weighted by Gasteiger charge is 2.08. The number of halogens is 1. The Labute approximate surface area is 188 Å². The van der Waals surface area contributed by atoms with Crippen molar-refractivity contribution in [2.24, 2.45) is 4.99 Å². The molecule has 2 rings (SSSR count). The molecule has 1 aromatic heterocycles. The number of amides is 1. The quantitative estimate of drug-likeness (QED) is 0.177. The number of rotatable bonds is 9. The summed E-state index contributed by atoms with van der Waals surface area (Å²) in [5, 5.41) is 22.7. The van der Waals surface area contributed by atoms with Gasteiger partial charge in [-0.15, -0.1) is 24.0 Å². The second kappa shape index (κ2) is 13.0. The van der Waals surface area contributed by atoms with E-state index >= 15 is 0 Å². The largest absolute Gasteiger partial charge is 0.508 e. The Bertz CT molecular complexity index is 792. The summed E-state index contributed by atoms with van der Waals surface area (Å²) in [7, 11) is 0. The van der Waals surface area contributed by atoms with Crippen molar-refractivity contribution in [2.45, 2.75) is 39.7 Å². The van der Waals surface area contributed by atoms with E-state index in [9.17, 15) is 9.90 Å². The van der Waals surface area contributed by atoms with Gasteiger partial charge in [0, 0.05) is 31.3 Å². The van der Waals surface area contributed by atoms with Crippen LogP contribution in [0.4, 0.5) is 0 Å². The minimum Gasteiger partial charge on any atom is -0.508 e. The smallest absolute Gasteiger partial charge is 0.251 e. The van der Waals surface area contributed by atoms with Crippen LogP contribution in [0.5, 0.6) is 5.75 Å². The summed E-state index contributed by atoms with van der Waals surface area (Å²) in [6, 6.07) is 8.21. The van der Waals surface area contributed by atoms with Gasteiger partial charge in [0.05, 0.1) is 5.69 Å². The molecule has 0 saturated heterocycles. The van der Waals surface area contributed by atoms with Crippen LogP contribution in [0.3, 0.4) is 0 Å². The number of phenols is 1. The van der Waals surface area contributed by atoms with Crippen molar-refractivity contribution in [3.63, 3.8) is 0 Å². The number of carbonyl (C=O) groups is 1. The summed E-state index contributed by atoms with van der Waals surface area (Å²) in [4.78, 5) is 16.5. The molecular weight excluding hydrogens is 485 g/mol. The van der Waals surface area contributed by atoms with Gasteiger partial charge in [-0.25, -0.2) is 4.99 Å². The van der Waals surface area contributed by atoms with E-state index in [4.69, 9.17) is 4.52 Å². The van der Waals surface area contributed by atoms with E-state index in [1.807, 2.05) is 13.0 Å². The van der Waals surface area contributed by atoms with E-state index in [0.717, 1.165) is 24.4 Å². The minimum atomic E-state index is -0.206. The highest BCUT2D eigenvalue weighted by Crippen LogP contribution is 2.14. The van der Waals surface area contributed by atoms with Gasteiger partial charge in [0.2, 0.25) is 0 Å². The topological polar surface area (TPSA) is 112 Å². The molecule has 0 bridgehead atoms. The highest BCUT2D eigenvalue weighted by molar-refractivity contribution is 14.0. The lowest BCUT2D eigenvalue weighted by molar-refractivity contribution is 0.0953. The molecule has 0 unspecified atom stereocenters. The first-order valence-electron chi connectivity index (χ1n) is 9.54. The Balaban J connectivity index is 0.00000420. The zero-order valence-electron chi connectivity index (χ0n) is 17.1. The van der Waals surface area contributed by atoms with Gasteiger partial charge in [-0.1, -0.05) is 25.1 Å². The van der Waals surface area contributed by atoms with Crippen molar-refractivity contribution in [3.05, 3.63) is 47.3 Å². The number of nitrogens with zero attached hydrogens (tertiary/aromatic N) is 2. The Morgan fingerprint density at radius 2 is 1.97 bits per heavy atom. The standard InChI is InChI=1S/C20H29N5O3.HI/c1-4-21-20(24-13-17-12-18(14(2)3)25-28-17)23-10-6-9-22-19(27)15-7-5-8-16(26)11-15;/h5,7-8,11-12,14,26H,4,6,9-10,13H2,1-3H3,(H,22,27)(H2,21,23,24);1H. The maximum atomic E-state index is 12.0. The van der Waals surface area contributed by atoms with Gasteiger partial charge in [0.25, 0.3) is 5.91 Å². The van der Waals surface area contributed by atoms with E-state index in [1.165, 1.54) is 12.1 Å². The van der Waals surface area contributed by atoms with Crippen LogP contribution in [-0.2, 0) is 6.54 Å². The lowest BCUT2D eigenvalue weighted by Gasteiger charge is -2.11. The number of phenolic OH excluding ortho intramolecular Hbond substituents is 1. The Kier molecular flexibility index (Phi) is 11.1. The van der Waals surface area contributed by atoms with Crippen LogP contribution < -0.4 is 16.0 Å². The van der Waals surface area contributed by atoms with Crippen molar-refractivity contribution in [1.82, 2.24) is 21.1 Å². The first-order chi connectivity index (χ1) is 13.5. The van der Waals surface area contributed by atoms with Crippen LogP contribution in [0.2, 0.25) is 0 Å². The van der Waals surface area contributed by atoms with Gasteiger partial charge in [-0.3, -0.25) is 4.79 Å². The predicted molar refractivity (Wildman–Crippen MR) is 124 cm³/mol. The number of aromatic hydroxyl groups is 1. The number of aromatic nitrogens is 1. The first kappa shape index (κ1) is 24.7. The van der Waals surface area contributed by atoms with Crippen LogP contribution in [-0.4, -0.2) is 41.8 Å². The summed E-state index contributed by atoms with van der Waals surface area (Å²) in [5.74, 6) is 1.60. The van der Waals surface area contributed by atoms with E-state index < -0.39 is 0 Å². The van der Waals surface area contributed by atoms with Gasteiger partial charge in [-0.2, -0.15) is 0 Å². The predicted octanol–water partition coefficient (Wildman–Crippen LogP) is 3.00. The third-order valence-corrected chi connectivity index (χ3v) is 3.95. The van der Waals surface area contributed by atoms with Crippen LogP contribution in [0, 0.1) is 0 Å². The Morgan fingerprint density at radius 1 is 1.21 bits per heavy atom. The molecule has 0 aliphatic heterocycles. The fraction of sp³-hybridized carbons (Fsp3) is 0.450. The summed E-state index contributed by atoms with van der Waals surface area (Å²) in [5.41, 5.74) is 1.36. The molecule has 0 saturated carbocycles. The van der Waals surface area contributed by atoms with Crippen LogP contribution >= 0.6 is 24.0 Å². The molecule has 9 heteroatoms. The molecule has 0 aliphatic carbocycles. The Morgan fingerprint density at radius 3 is 2.62 bits per heavy atom. The van der Waals surface area contributed by atoms with Gasteiger partial charge in [0.1, 0.15) is 12.3 Å². The maximum absolute atomic E-state index is 12.0. The van der Waals surface area contributed by atoms with Crippen molar-refractivity contribution < 1.29 is 14.4 Å². The average Bonchev–Trinajstić information content (AvgIpc) is 3.15. The van der Waals surface area contributed by atoms with Gasteiger partial charge in [-0.05, 0) is 37.5 Å². The fourth-order valence-electron chi connectivity index (χ4n) is 2.42. The summed E-state index contributed by atoms with van der Waals surface area (Å²) in [6.45, 7) is 8.45. The molecule has 1 amide bonds. The number of guanidine groups is 1. The highest BCUT2D eigenvalue weighted by atomic mass is 127. The maximum Gasteiger partial charge on any atom is 0.251 e. The number of benzene rings is 1. The molecule has 1 aromatic carbocycles. The molecule has 0 radical (unpaired) electrons. The minimum absolute atomic E-state index is 0. The molecule has 2 aromatic rings. The SMILES string of the molecule is CCNC(=NCc1cc(C(C)C)no1)NCCCNC(=O)c1cccc(O)c1.I. The lowest BCUT2D eigenvalue weighted by atomic mass is 10.1. The zero-order chi connectivity index (χ0) is 20.4. The van der Waals surface area contributed by atoms with E-state index in [0.29, 0.717) is 37.1 Å². The number of hydrogen-bond donors (Lipinski definition) is 4. The lowest BCUT2D eigenvalue weighted by Crippen LogP contribution is -2.38. The second-order valence-electron chi connectivity index (χ2n) is 6.65. The average molecular weight is 515 g/mol. The van der Waals surface area contributed by atoms with Gasteiger partial charge >= 0.3 is 0 Å².